The van der Waals surface area contributed by atoms with Gasteiger partial charge in [0.1, 0.15) is 6.10 Å². The molecule has 0 aliphatic heterocycles. The SMILES string of the molecule is Cc1ccc(C(O)c2c(Br)cnn2CCN(C)C)c(C)c1. The third-order valence-corrected chi connectivity index (χ3v) is 4.18. The lowest BCUT2D eigenvalue weighted by Crippen LogP contribution is -2.21. The van der Waals surface area contributed by atoms with E-state index in [1.165, 1.54) is 5.56 Å². The van der Waals surface area contributed by atoms with Crippen molar-refractivity contribution in [2.45, 2.75) is 26.5 Å². The van der Waals surface area contributed by atoms with Crippen LogP contribution in [0.2, 0.25) is 0 Å². The molecule has 5 heteroatoms. The van der Waals surface area contributed by atoms with Crippen LogP contribution in [-0.4, -0.2) is 40.4 Å². The molecule has 1 heterocycles. The highest BCUT2D eigenvalue weighted by atomic mass is 79.9. The number of aliphatic hydroxyl groups excluding tert-OH is 1. The molecule has 21 heavy (non-hydrogen) atoms. The highest BCUT2D eigenvalue weighted by Crippen LogP contribution is 2.30. The van der Waals surface area contributed by atoms with Gasteiger partial charge in [-0.25, -0.2) is 0 Å². The summed E-state index contributed by atoms with van der Waals surface area (Å²) in [5, 5.41) is 15.1. The Bertz CT molecular complexity index is 622. The lowest BCUT2D eigenvalue weighted by molar-refractivity contribution is 0.204. The van der Waals surface area contributed by atoms with Crippen LogP contribution in [0.5, 0.6) is 0 Å². The van der Waals surface area contributed by atoms with Gasteiger partial charge in [0.25, 0.3) is 0 Å². The Morgan fingerprint density at radius 1 is 1.33 bits per heavy atom. The zero-order valence-corrected chi connectivity index (χ0v) is 14.6. The molecular formula is C16H22BrN3O. The Morgan fingerprint density at radius 3 is 2.67 bits per heavy atom. The molecule has 0 amide bonds. The van der Waals surface area contributed by atoms with Crippen LogP contribution in [0, 0.1) is 13.8 Å². The van der Waals surface area contributed by atoms with Crippen molar-refractivity contribution in [2.75, 3.05) is 20.6 Å². The number of halogens is 1. The van der Waals surface area contributed by atoms with Gasteiger partial charge in [0.15, 0.2) is 0 Å². The number of hydrogen-bond acceptors (Lipinski definition) is 3. The Kier molecular flexibility index (Phi) is 5.19. The summed E-state index contributed by atoms with van der Waals surface area (Å²) in [6, 6.07) is 6.11. The first-order chi connectivity index (χ1) is 9.90. The summed E-state index contributed by atoms with van der Waals surface area (Å²) < 4.78 is 2.71. The van der Waals surface area contributed by atoms with Crippen LogP contribution >= 0.6 is 15.9 Å². The molecule has 2 rings (SSSR count). The molecular weight excluding hydrogens is 330 g/mol. The van der Waals surface area contributed by atoms with Crippen molar-refractivity contribution >= 4 is 15.9 Å². The van der Waals surface area contributed by atoms with E-state index in [-0.39, 0.29) is 0 Å². The van der Waals surface area contributed by atoms with Gasteiger partial charge in [-0.1, -0.05) is 23.8 Å². The zero-order chi connectivity index (χ0) is 15.6. The number of likely N-dealkylation sites (N-methyl/N-ethyl adjacent to an activating group) is 1. The summed E-state index contributed by atoms with van der Waals surface area (Å²) in [7, 11) is 4.05. The smallest absolute Gasteiger partial charge is 0.122 e. The molecule has 0 aliphatic rings. The van der Waals surface area contributed by atoms with Gasteiger partial charge in [0.2, 0.25) is 0 Å². The number of nitrogens with zero attached hydrogens (tertiary/aromatic N) is 3. The molecule has 1 aromatic heterocycles. The first kappa shape index (κ1) is 16.2. The first-order valence-electron chi connectivity index (χ1n) is 7.01. The van der Waals surface area contributed by atoms with E-state index >= 15 is 0 Å². The molecule has 0 fully saturated rings. The fourth-order valence-corrected chi connectivity index (χ4v) is 2.91. The van der Waals surface area contributed by atoms with Crippen LogP contribution in [0.25, 0.3) is 0 Å². The van der Waals surface area contributed by atoms with E-state index in [0.717, 1.165) is 34.4 Å². The molecule has 4 nitrogen and oxygen atoms in total. The van der Waals surface area contributed by atoms with Crippen LogP contribution in [0.15, 0.2) is 28.9 Å². The van der Waals surface area contributed by atoms with Gasteiger partial charge in [0.05, 0.1) is 22.9 Å². The van der Waals surface area contributed by atoms with E-state index in [2.05, 4.69) is 38.9 Å². The molecule has 0 saturated carbocycles. The van der Waals surface area contributed by atoms with E-state index in [0.29, 0.717) is 0 Å². The molecule has 0 bridgehead atoms. The maximum absolute atomic E-state index is 10.8. The van der Waals surface area contributed by atoms with Gasteiger partial charge in [0, 0.05) is 6.54 Å². The summed E-state index contributed by atoms with van der Waals surface area (Å²) in [4.78, 5) is 2.10. The number of aryl methyl sites for hydroxylation is 2. The molecule has 2 aromatic rings. The second-order valence-corrected chi connectivity index (χ2v) is 6.52. The minimum absolute atomic E-state index is 0.676. The maximum Gasteiger partial charge on any atom is 0.122 e. The van der Waals surface area contributed by atoms with E-state index in [1.807, 2.05) is 37.8 Å². The van der Waals surface area contributed by atoms with Gasteiger partial charge in [-0.3, -0.25) is 4.68 Å². The topological polar surface area (TPSA) is 41.3 Å². The Hall–Kier alpha value is -1.17. The number of hydrogen-bond donors (Lipinski definition) is 1. The van der Waals surface area contributed by atoms with Gasteiger partial charge in [-0.05, 0) is 55.0 Å². The van der Waals surface area contributed by atoms with Crippen molar-refractivity contribution in [3.8, 4) is 0 Å². The standard InChI is InChI=1S/C16H22BrN3O/c1-11-5-6-13(12(2)9-11)16(21)15-14(17)10-18-20(15)8-7-19(3)4/h5-6,9-10,16,21H,7-8H2,1-4H3. The van der Waals surface area contributed by atoms with Crippen molar-refractivity contribution in [2.24, 2.45) is 0 Å². The molecule has 1 N–H and O–H groups in total. The van der Waals surface area contributed by atoms with E-state index in [4.69, 9.17) is 0 Å². The highest BCUT2D eigenvalue weighted by molar-refractivity contribution is 9.10. The summed E-state index contributed by atoms with van der Waals surface area (Å²) in [6.45, 7) is 5.71. The summed E-state index contributed by atoms with van der Waals surface area (Å²) in [6.07, 6.45) is 1.07. The molecule has 0 radical (unpaired) electrons. The molecule has 1 unspecified atom stereocenters. The average Bonchev–Trinajstić information content (AvgIpc) is 2.77. The van der Waals surface area contributed by atoms with Crippen molar-refractivity contribution in [1.29, 1.82) is 0 Å². The number of aromatic nitrogens is 2. The van der Waals surface area contributed by atoms with E-state index in [9.17, 15) is 5.11 Å². The van der Waals surface area contributed by atoms with Gasteiger partial charge >= 0.3 is 0 Å². The van der Waals surface area contributed by atoms with Crippen LogP contribution in [0.3, 0.4) is 0 Å². The molecule has 114 valence electrons. The second kappa shape index (κ2) is 6.73. The number of aliphatic hydroxyl groups is 1. The summed E-state index contributed by atoms with van der Waals surface area (Å²) >= 11 is 3.50. The lowest BCUT2D eigenvalue weighted by atomic mass is 9.99. The lowest BCUT2D eigenvalue weighted by Gasteiger charge is -2.18. The third kappa shape index (κ3) is 3.73. The maximum atomic E-state index is 10.8. The monoisotopic (exact) mass is 351 g/mol. The largest absolute Gasteiger partial charge is 0.382 e. The predicted octanol–water partition coefficient (Wildman–Crippen LogP) is 2.91. The van der Waals surface area contributed by atoms with Crippen molar-refractivity contribution in [1.82, 2.24) is 14.7 Å². The quantitative estimate of drug-likeness (QED) is 0.900. The van der Waals surface area contributed by atoms with E-state index < -0.39 is 6.10 Å². The molecule has 1 atom stereocenters. The van der Waals surface area contributed by atoms with Crippen molar-refractivity contribution in [3.63, 3.8) is 0 Å². The minimum Gasteiger partial charge on any atom is -0.382 e. The first-order valence-corrected chi connectivity index (χ1v) is 7.80. The van der Waals surface area contributed by atoms with Crippen LogP contribution in [0.4, 0.5) is 0 Å². The normalized spacial score (nSPS) is 12.9. The van der Waals surface area contributed by atoms with Crippen molar-refractivity contribution < 1.29 is 5.11 Å². The molecule has 0 saturated heterocycles. The third-order valence-electron chi connectivity index (χ3n) is 3.57. The molecule has 0 aliphatic carbocycles. The van der Waals surface area contributed by atoms with Gasteiger partial charge in [-0.15, -0.1) is 0 Å². The Balaban J connectivity index is 2.34. The van der Waals surface area contributed by atoms with Gasteiger partial charge < -0.3 is 10.0 Å². The average molecular weight is 352 g/mol. The number of benzene rings is 1. The zero-order valence-electron chi connectivity index (χ0n) is 13.0. The van der Waals surface area contributed by atoms with Gasteiger partial charge in [-0.2, -0.15) is 5.10 Å². The minimum atomic E-state index is -0.676. The van der Waals surface area contributed by atoms with Crippen LogP contribution < -0.4 is 0 Å². The van der Waals surface area contributed by atoms with Crippen molar-refractivity contribution in [3.05, 3.63) is 51.3 Å². The Labute approximate surface area is 134 Å². The fraction of sp³-hybridized carbons (Fsp3) is 0.438. The fourth-order valence-electron chi connectivity index (χ4n) is 2.40. The predicted molar refractivity (Wildman–Crippen MR) is 88.5 cm³/mol. The molecule has 1 aromatic carbocycles. The van der Waals surface area contributed by atoms with Crippen LogP contribution in [-0.2, 0) is 6.54 Å². The Morgan fingerprint density at radius 2 is 2.05 bits per heavy atom. The van der Waals surface area contributed by atoms with Crippen LogP contribution in [0.1, 0.15) is 28.5 Å². The second-order valence-electron chi connectivity index (χ2n) is 5.67. The molecule has 0 spiro atoms. The summed E-state index contributed by atoms with van der Waals surface area (Å²) in [5.41, 5.74) is 4.02. The summed E-state index contributed by atoms with van der Waals surface area (Å²) in [5.74, 6) is 0. The van der Waals surface area contributed by atoms with E-state index in [1.54, 1.807) is 6.20 Å². The number of rotatable bonds is 5. The highest BCUT2D eigenvalue weighted by Gasteiger charge is 2.21.